The third-order valence-corrected chi connectivity index (χ3v) is 5.28. The highest BCUT2D eigenvalue weighted by Gasteiger charge is 2.41. The average molecular weight is 281 g/mol. The second-order valence-corrected chi connectivity index (χ2v) is 7.28. The lowest BCUT2D eigenvalue weighted by Crippen LogP contribution is -2.54. The molecule has 2 aliphatic rings. The van der Waals surface area contributed by atoms with E-state index in [0.717, 1.165) is 32.6 Å². The fraction of sp³-hybridized carbons (Fsp3) is 0.938. The molecule has 2 saturated heterocycles. The highest BCUT2D eigenvalue weighted by molar-refractivity contribution is 5.82. The molecule has 20 heavy (non-hydrogen) atoms. The molecule has 2 fully saturated rings. The predicted octanol–water partition coefficient (Wildman–Crippen LogP) is 1.56. The van der Waals surface area contributed by atoms with Crippen LogP contribution in [0.3, 0.4) is 0 Å². The van der Waals surface area contributed by atoms with Crippen molar-refractivity contribution in [2.75, 3.05) is 40.3 Å². The minimum atomic E-state index is -0.235. The molecule has 1 amide bonds. The van der Waals surface area contributed by atoms with Crippen molar-refractivity contribution < 1.29 is 4.79 Å². The van der Waals surface area contributed by atoms with Crippen LogP contribution in [0.5, 0.6) is 0 Å². The zero-order valence-corrected chi connectivity index (χ0v) is 13.6. The minimum Gasteiger partial charge on any atom is -0.341 e. The largest absolute Gasteiger partial charge is 0.341 e. The Hall–Kier alpha value is -0.610. The second kappa shape index (κ2) is 6.44. The predicted molar refractivity (Wildman–Crippen MR) is 82.7 cm³/mol. The summed E-state index contributed by atoms with van der Waals surface area (Å²) in [5.74, 6) is 0.834. The van der Waals surface area contributed by atoms with E-state index in [9.17, 15) is 4.79 Å². The van der Waals surface area contributed by atoms with Gasteiger partial charge in [0.05, 0.1) is 0 Å². The van der Waals surface area contributed by atoms with Crippen LogP contribution in [0, 0.1) is 11.3 Å². The summed E-state index contributed by atoms with van der Waals surface area (Å²) in [5, 5.41) is 3.45. The maximum atomic E-state index is 13.0. The quantitative estimate of drug-likeness (QED) is 0.853. The third-order valence-electron chi connectivity index (χ3n) is 5.28. The Morgan fingerprint density at radius 1 is 1.25 bits per heavy atom. The van der Waals surface area contributed by atoms with Crippen LogP contribution in [0.25, 0.3) is 0 Å². The lowest BCUT2D eigenvalue weighted by molar-refractivity contribution is -0.145. The van der Waals surface area contributed by atoms with Crippen LogP contribution in [-0.4, -0.2) is 62.0 Å². The average Bonchev–Trinajstić information content (AvgIpc) is 2.47. The standard InChI is InChI=1S/C16H31N3O/c1-16(2,13-7-5-9-17-11-13)15(20)19-10-6-8-14(12-19)18(3)4/h13-14,17H,5-12H2,1-4H3. The molecule has 0 aromatic heterocycles. The maximum Gasteiger partial charge on any atom is 0.228 e. The molecule has 0 radical (unpaired) electrons. The number of likely N-dealkylation sites (tertiary alicyclic amines) is 1. The van der Waals surface area contributed by atoms with E-state index in [4.69, 9.17) is 0 Å². The maximum absolute atomic E-state index is 13.0. The van der Waals surface area contributed by atoms with E-state index in [1.54, 1.807) is 0 Å². The molecule has 0 spiro atoms. The lowest BCUT2D eigenvalue weighted by atomic mass is 9.73. The van der Waals surface area contributed by atoms with E-state index in [1.807, 2.05) is 0 Å². The third kappa shape index (κ3) is 3.34. The number of likely N-dealkylation sites (N-methyl/N-ethyl adjacent to an activating group) is 1. The summed E-state index contributed by atoms with van der Waals surface area (Å²) >= 11 is 0. The highest BCUT2D eigenvalue weighted by Crippen LogP contribution is 2.34. The van der Waals surface area contributed by atoms with Crippen molar-refractivity contribution in [3.8, 4) is 0 Å². The van der Waals surface area contributed by atoms with Gasteiger partial charge in [0.2, 0.25) is 5.91 Å². The summed E-state index contributed by atoms with van der Waals surface area (Å²) in [5.41, 5.74) is -0.235. The number of piperidine rings is 2. The Balaban J connectivity index is 2.01. The molecule has 2 heterocycles. The van der Waals surface area contributed by atoms with Gasteiger partial charge in [0.25, 0.3) is 0 Å². The van der Waals surface area contributed by atoms with Gasteiger partial charge in [-0.15, -0.1) is 0 Å². The number of hydrogen-bond acceptors (Lipinski definition) is 3. The summed E-state index contributed by atoms with van der Waals surface area (Å²) in [4.78, 5) is 17.3. The molecule has 116 valence electrons. The van der Waals surface area contributed by atoms with Crippen molar-refractivity contribution >= 4 is 5.91 Å². The van der Waals surface area contributed by atoms with Gasteiger partial charge in [0.15, 0.2) is 0 Å². The first-order valence-corrected chi connectivity index (χ1v) is 8.09. The summed E-state index contributed by atoms with van der Waals surface area (Å²) < 4.78 is 0. The van der Waals surface area contributed by atoms with Gasteiger partial charge in [-0.1, -0.05) is 13.8 Å². The molecular formula is C16H31N3O. The van der Waals surface area contributed by atoms with Crippen LogP contribution >= 0.6 is 0 Å². The molecule has 1 N–H and O–H groups in total. The van der Waals surface area contributed by atoms with Crippen LogP contribution in [-0.2, 0) is 4.79 Å². The Morgan fingerprint density at radius 2 is 2.00 bits per heavy atom. The fourth-order valence-corrected chi connectivity index (χ4v) is 3.61. The first kappa shape index (κ1) is 15.8. The van der Waals surface area contributed by atoms with Crippen LogP contribution in [0.2, 0.25) is 0 Å². The molecule has 2 atom stereocenters. The number of carbonyl (C=O) groups excluding carboxylic acids is 1. The molecule has 4 heteroatoms. The first-order valence-electron chi connectivity index (χ1n) is 8.09. The number of hydrogen-bond donors (Lipinski definition) is 1. The number of nitrogens with zero attached hydrogens (tertiary/aromatic N) is 2. The van der Waals surface area contributed by atoms with E-state index >= 15 is 0 Å². The molecule has 2 rings (SSSR count). The zero-order chi connectivity index (χ0) is 14.8. The van der Waals surface area contributed by atoms with Gasteiger partial charge in [-0.05, 0) is 58.8 Å². The van der Waals surface area contributed by atoms with Gasteiger partial charge in [0, 0.05) is 24.5 Å². The Morgan fingerprint density at radius 3 is 2.60 bits per heavy atom. The van der Waals surface area contributed by atoms with Crippen LogP contribution in [0.4, 0.5) is 0 Å². The number of rotatable bonds is 3. The topological polar surface area (TPSA) is 35.6 Å². The van der Waals surface area contributed by atoms with Crippen LogP contribution < -0.4 is 5.32 Å². The number of nitrogens with one attached hydrogen (secondary N) is 1. The Bertz CT molecular complexity index is 335. The molecule has 0 saturated carbocycles. The van der Waals surface area contributed by atoms with Crippen molar-refractivity contribution in [2.45, 2.75) is 45.6 Å². The SMILES string of the molecule is CN(C)C1CCCN(C(=O)C(C)(C)C2CCCNC2)C1. The number of carbonyl (C=O) groups is 1. The van der Waals surface area contributed by atoms with E-state index in [1.165, 1.54) is 19.3 Å². The highest BCUT2D eigenvalue weighted by atomic mass is 16.2. The smallest absolute Gasteiger partial charge is 0.228 e. The van der Waals surface area contributed by atoms with Crippen molar-refractivity contribution in [1.82, 2.24) is 15.1 Å². The number of amides is 1. The summed E-state index contributed by atoms with van der Waals surface area (Å²) in [6.07, 6.45) is 4.72. The first-order chi connectivity index (χ1) is 9.43. The molecule has 0 aliphatic carbocycles. The molecule has 0 bridgehead atoms. The Labute approximate surface area is 123 Å². The lowest BCUT2D eigenvalue weighted by Gasteiger charge is -2.43. The van der Waals surface area contributed by atoms with E-state index in [0.29, 0.717) is 17.9 Å². The van der Waals surface area contributed by atoms with Gasteiger partial charge in [-0.3, -0.25) is 4.79 Å². The zero-order valence-electron chi connectivity index (χ0n) is 13.6. The Kier molecular flexibility index (Phi) is 5.08. The molecular weight excluding hydrogens is 250 g/mol. The van der Waals surface area contributed by atoms with Crippen molar-refractivity contribution in [2.24, 2.45) is 11.3 Å². The molecule has 2 unspecified atom stereocenters. The molecule has 0 aromatic rings. The van der Waals surface area contributed by atoms with E-state index in [-0.39, 0.29) is 5.41 Å². The monoisotopic (exact) mass is 281 g/mol. The van der Waals surface area contributed by atoms with Gasteiger partial charge in [0.1, 0.15) is 0 Å². The second-order valence-electron chi connectivity index (χ2n) is 7.28. The summed E-state index contributed by atoms with van der Waals surface area (Å²) in [7, 11) is 4.24. The van der Waals surface area contributed by atoms with Crippen molar-refractivity contribution in [3.05, 3.63) is 0 Å². The molecule has 4 nitrogen and oxygen atoms in total. The van der Waals surface area contributed by atoms with Gasteiger partial charge in [-0.2, -0.15) is 0 Å². The van der Waals surface area contributed by atoms with E-state index < -0.39 is 0 Å². The van der Waals surface area contributed by atoms with Crippen molar-refractivity contribution in [3.63, 3.8) is 0 Å². The van der Waals surface area contributed by atoms with E-state index in [2.05, 4.69) is 43.1 Å². The molecule has 2 aliphatic heterocycles. The van der Waals surface area contributed by atoms with Gasteiger partial charge >= 0.3 is 0 Å². The minimum absolute atomic E-state index is 0.235. The summed E-state index contributed by atoms with van der Waals surface area (Å²) in [6, 6.07) is 0.521. The molecule has 0 aromatic carbocycles. The van der Waals surface area contributed by atoms with Crippen LogP contribution in [0.15, 0.2) is 0 Å². The van der Waals surface area contributed by atoms with Crippen LogP contribution in [0.1, 0.15) is 39.5 Å². The van der Waals surface area contributed by atoms with Gasteiger partial charge in [-0.25, -0.2) is 0 Å². The summed E-state index contributed by atoms with van der Waals surface area (Å²) in [6.45, 7) is 8.22. The fourth-order valence-electron chi connectivity index (χ4n) is 3.61. The normalized spacial score (nSPS) is 28.8. The van der Waals surface area contributed by atoms with Gasteiger partial charge < -0.3 is 15.1 Å². The van der Waals surface area contributed by atoms with Crippen molar-refractivity contribution in [1.29, 1.82) is 0 Å².